The first-order valence-corrected chi connectivity index (χ1v) is 4.68. The first kappa shape index (κ1) is 10.3. The second kappa shape index (κ2) is 4.09. The normalized spacial score (nSPS) is 15.9. The number of anilines is 1. The van der Waals surface area contributed by atoms with E-state index < -0.39 is 11.8 Å². The average molecular weight is 219 g/mol. The van der Waals surface area contributed by atoms with Gasteiger partial charge in [-0.2, -0.15) is 0 Å². The second-order valence-corrected chi connectivity index (χ2v) is 3.36. The van der Waals surface area contributed by atoms with E-state index in [1.807, 2.05) is 0 Å². The molecule has 0 bridgehead atoms. The molecule has 1 aromatic heterocycles. The molecule has 82 valence electrons. The number of nitrogens with one attached hydrogen (secondary N) is 1. The Morgan fingerprint density at radius 3 is 2.62 bits per heavy atom. The molecule has 1 N–H and O–H groups in total. The Balaban J connectivity index is 2.32. The minimum absolute atomic E-state index is 0.0313. The maximum atomic E-state index is 11.2. The van der Waals surface area contributed by atoms with E-state index in [2.05, 4.69) is 10.3 Å². The van der Waals surface area contributed by atoms with Crippen molar-refractivity contribution < 1.29 is 14.4 Å². The number of aldehydes is 1. The Bertz CT molecular complexity index is 442. The number of rotatable bonds is 2. The van der Waals surface area contributed by atoms with Gasteiger partial charge in [0.05, 0.1) is 18.7 Å². The number of carbonyl (C=O) groups excluding carboxylic acids is 3. The molecule has 1 aliphatic heterocycles. The summed E-state index contributed by atoms with van der Waals surface area (Å²) in [6, 6.07) is 3.21. The number of carbonyl (C=O) groups is 3. The Hall–Kier alpha value is -2.24. The number of nitrogens with zero attached hydrogens (tertiary/aromatic N) is 2. The van der Waals surface area contributed by atoms with Crippen molar-refractivity contribution in [2.45, 2.75) is 0 Å². The summed E-state index contributed by atoms with van der Waals surface area (Å²) < 4.78 is 0. The van der Waals surface area contributed by atoms with Crippen molar-refractivity contribution in [1.29, 1.82) is 0 Å². The molecule has 2 heterocycles. The molecule has 1 fully saturated rings. The fourth-order valence-corrected chi connectivity index (χ4v) is 1.55. The number of amides is 2. The van der Waals surface area contributed by atoms with Gasteiger partial charge >= 0.3 is 0 Å². The summed E-state index contributed by atoms with van der Waals surface area (Å²) in [5.41, 5.74) is 0.366. The lowest BCUT2D eigenvalue weighted by atomic mass is 10.2. The summed E-state index contributed by atoms with van der Waals surface area (Å²) in [7, 11) is 0. The van der Waals surface area contributed by atoms with Crippen LogP contribution in [0.25, 0.3) is 0 Å². The van der Waals surface area contributed by atoms with Crippen LogP contribution in [-0.4, -0.2) is 36.2 Å². The second-order valence-electron chi connectivity index (χ2n) is 3.36. The molecule has 1 aliphatic rings. The van der Waals surface area contributed by atoms with Gasteiger partial charge in [0.1, 0.15) is 5.82 Å². The smallest absolute Gasteiger partial charge is 0.246 e. The van der Waals surface area contributed by atoms with E-state index in [1.165, 1.54) is 11.1 Å². The molecule has 6 heteroatoms. The highest BCUT2D eigenvalue weighted by Gasteiger charge is 2.24. The zero-order chi connectivity index (χ0) is 11.5. The Morgan fingerprint density at radius 1 is 1.31 bits per heavy atom. The van der Waals surface area contributed by atoms with Crippen LogP contribution in [0.3, 0.4) is 0 Å². The molecule has 6 nitrogen and oxygen atoms in total. The minimum Gasteiger partial charge on any atom is -0.337 e. The summed E-state index contributed by atoms with van der Waals surface area (Å²) >= 11 is 0. The molecular weight excluding hydrogens is 210 g/mol. The Kier molecular flexibility index (Phi) is 2.63. The average Bonchev–Trinajstić information content (AvgIpc) is 2.27. The Morgan fingerprint density at radius 2 is 2.00 bits per heavy atom. The number of hydrogen-bond donors (Lipinski definition) is 1. The van der Waals surface area contributed by atoms with Gasteiger partial charge in [0, 0.05) is 6.20 Å². The molecule has 16 heavy (non-hydrogen) atoms. The summed E-state index contributed by atoms with van der Waals surface area (Å²) in [5, 5.41) is 2.18. The van der Waals surface area contributed by atoms with Crippen LogP contribution in [0.5, 0.6) is 0 Å². The molecular formula is C10H9N3O3. The lowest BCUT2D eigenvalue weighted by molar-refractivity contribution is -0.130. The highest BCUT2D eigenvalue weighted by Crippen LogP contribution is 2.15. The molecule has 2 rings (SSSR count). The molecule has 0 unspecified atom stereocenters. The molecule has 0 aliphatic carbocycles. The van der Waals surface area contributed by atoms with Gasteiger partial charge in [-0.05, 0) is 12.1 Å². The standard InChI is InChI=1S/C10H9N3O3/c14-6-7-2-1-3-11-10(7)13-4-8(15)12-9(16)5-13/h1-3,6H,4-5H2,(H,12,15,16). The monoisotopic (exact) mass is 219 g/mol. The Labute approximate surface area is 91.3 Å². The van der Waals surface area contributed by atoms with Gasteiger partial charge in [0.2, 0.25) is 11.8 Å². The van der Waals surface area contributed by atoms with E-state index in [0.717, 1.165) is 0 Å². The summed E-state index contributed by atoms with van der Waals surface area (Å²) in [5.74, 6) is -0.418. The SMILES string of the molecule is O=Cc1cccnc1N1CC(=O)NC(=O)C1. The van der Waals surface area contributed by atoms with E-state index >= 15 is 0 Å². The van der Waals surface area contributed by atoms with Gasteiger partial charge in [0.25, 0.3) is 0 Å². The van der Waals surface area contributed by atoms with Crippen LogP contribution >= 0.6 is 0 Å². The lowest BCUT2D eigenvalue weighted by Gasteiger charge is -2.26. The lowest BCUT2D eigenvalue weighted by Crippen LogP contribution is -2.52. The van der Waals surface area contributed by atoms with Crippen LogP contribution in [0.15, 0.2) is 18.3 Å². The van der Waals surface area contributed by atoms with Crippen molar-refractivity contribution in [3.05, 3.63) is 23.9 Å². The van der Waals surface area contributed by atoms with Crippen molar-refractivity contribution in [3.8, 4) is 0 Å². The first-order chi connectivity index (χ1) is 7.70. The third-order valence-electron chi connectivity index (χ3n) is 2.19. The highest BCUT2D eigenvalue weighted by molar-refractivity contribution is 6.03. The number of piperazine rings is 1. The molecule has 0 spiro atoms. The maximum Gasteiger partial charge on any atom is 0.246 e. The van der Waals surface area contributed by atoms with Gasteiger partial charge in [-0.15, -0.1) is 0 Å². The van der Waals surface area contributed by atoms with Crippen molar-refractivity contribution >= 4 is 23.9 Å². The maximum absolute atomic E-state index is 11.2. The van der Waals surface area contributed by atoms with E-state index in [1.54, 1.807) is 12.1 Å². The molecule has 2 amide bonds. The number of pyridine rings is 1. The van der Waals surface area contributed by atoms with Crippen LogP contribution in [-0.2, 0) is 9.59 Å². The zero-order valence-electron chi connectivity index (χ0n) is 8.34. The van der Waals surface area contributed by atoms with E-state index in [0.29, 0.717) is 17.7 Å². The van der Waals surface area contributed by atoms with Crippen molar-refractivity contribution in [3.63, 3.8) is 0 Å². The minimum atomic E-state index is -0.390. The highest BCUT2D eigenvalue weighted by atomic mass is 16.2. The first-order valence-electron chi connectivity index (χ1n) is 4.68. The van der Waals surface area contributed by atoms with Gasteiger partial charge < -0.3 is 4.90 Å². The zero-order valence-corrected chi connectivity index (χ0v) is 8.34. The summed E-state index contributed by atoms with van der Waals surface area (Å²) in [6.45, 7) is 0.0627. The number of hydrogen-bond acceptors (Lipinski definition) is 5. The topological polar surface area (TPSA) is 79.4 Å². The van der Waals surface area contributed by atoms with Crippen molar-refractivity contribution in [2.75, 3.05) is 18.0 Å². The fraction of sp³-hybridized carbons (Fsp3) is 0.200. The van der Waals surface area contributed by atoms with Crippen LogP contribution in [0.4, 0.5) is 5.82 Å². The largest absolute Gasteiger partial charge is 0.337 e. The summed E-state index contributed by atoms with van der Waals surface area (Å²) in [4.78, 5) is 38.6. The van der Waals surface area contributed by atoms with Crippen LogP contribution < -0.4 is 10.2 Å². The molecule has 0 atom stereocenters. The molecule has 0 aromatic carbocycles. The summed E-state index contributed by atoms with van der Waals surface area (Å²) in [6.07, 6.45) is 2.17. The molecule has 1 saturated heterocycles. The third-order valence-corrected chi connectivity index (χ3v) is 2.19. The van der Waals surface area contributed by atoms with E-state index in [9.17, 15) is 14.4 Å². The molecule has 0 saturated carbocycles. The fourth-order valence-electron chi connectivity index (χ4n) is 1.55. The van der Waals surface area contributed by atoms with Crippen molar-refractivity contribution in [1.82, 2.24) is 10.3 Å². The van der Waals surface area contributed by atoms with Crippen LogP contribution in [0.2, 0.25) is 0 Å². The number of imide groups is 1. The predicted molar refractivity (Wildman–Crippen MR) is 55.0 cm³/mol. The van der Waals surface area contributed by atoms with Crippen LogP contribution in [0.1, 0.15) is 10.4 Å². The van der Waals surface area contributed by atoms with Crippen molar-refractivity contribution in [2.24, 2.45) is 0 Å². The molecule has 0 radical (unpaired) electrons. The predicted octanol–water partition coefficient (Wildman–Crippen LogP) is -0.643. The van der Waals surface area contributed by atoms with Gasteiger partial charge in [0.15, 0.2) is 6.29 Å². The quantitative estimate of drug-likeness (QED) is 0.528. The van der Waals surface area contributed by atoms with Gasteiger partial charge in [-0.3, -0.25) is 19.7 Å². The third kappa shape index (κ3) is 1.90. The molecule has 1 aromatic rings. The number of aromatic nitrogens is 1. The van der Waals surface area contributed by atoms with Gasteiger partial charge in [-0.25, -0.2) is 4.98 Å². The van der Waals surface area contributed by atoms with E-state index in [-0.39, 0.29) is 13.1 Å². The van der Waals surface area contributed by atoms with E-state index in [4.69, 9.17) is 0 Å². The van der Waals surface area contributed by atoms with Gasteiger partial charge in [-0.1, -0.05) is 0 Å². The van der Waals surface area contributed by atoms with Crippen LogP contribution in [0, 0.1) is 0 Å².